The Morgan fingerprint density at radius 1 is 1.23 bits per heavy atom. The molecule has 1 amide bonds. The molecule has 0 radical (unpaired) electrons. The lowest BCUT2D eigenvalue weighted by atomic mass is 10.2. The maximum Gasteiger partial charge on any atom is 0.292 e. The highest BCUT2D eigenvalue weighted by Crippen LogP contribution is 2.28. The van der Waals surface area contributed by atoms with Crippen molar-refractivity contribution in [2.75, 3.05) is 23.8 Å². The first-order valence-corrected chi connectivity index (χ1v) is 6.78. The highest BCUT2D eigenvalue weighted by molar-refractivity contribution is 5.94. The summed E-state index contributed by atoms with van der Waals surface area (Å²) in [5, 5.41) is 13.9. The zero-order valence-corrected chi connectivity index (χ0v) is 12.4. The Kier molecular flexibility index (Phi) is 4.73. The van der Waals surface area contributed by atoms with Gasteiger partial charge in [-0.2, -0.15) is 0 Å². The summed E-state index contributed by atoms with van der Waals surface area (Å²) in [6.45, 7) is 1.82. The van der Waals surface area contributed by atoms with E-state index in [4.69, 9.17) is 0 Å². The normalized spacial score (nSPS) is 10.1. The van der Waals surface area contributed by atoms with E-state index in [9.17, 15) is 14.9 Å². The van der Waals surface area contributed by atoms with E-state index in [-0.39, 0.29) is 18.1 Å². The quantitative estimate of drug-likeness (QED) is 0.680. The van der Waals surface area contributed by atoms with E-state index in [1.54, 1.807) is 43.1 Å². The van der Waals surface area contributed by atoms with Gasteiger partial charge in [0.25, 0.3) is 5.69 Å². The minimum atomic E-state index is -0.437. The summed E-state index contributed by atoms with van der Waals surface area (Å²) in [5.41, 5.74) is 1.91. The van der Waals surface area contributed by atoms with Gasteiger partial charge in [-0.05, 0) is 30.7 Å². The third-order valence-corrected chi connectivity index (χ3v) is 3.18. The van der Waals surface area contributed by atoms with Gasteiger partial charge in [0.05, 0.1) is 11.5 Å². The second-order valence-corrected chi connectivity index (χ2v) is 5.02. The van der Waals surface area contributed by atoms with Gasteiger partial charge in [0.2, 0.25) is 5.91 Å². The zero-order chi connectivity index (χ0) is 16.1. The van der Waals surface area contributed by atoms with Crippen molar-refractivity contribution >= 4 is 23.0 Å². The second kappa shape index (κ2) is 6.71. The Bertz CT molecular complexity index is 686. The number of carbonyl (C=O) groups is 1. The Morgan fingerprint density at radius 2 is 1.91 bits per heavy atom. The molecule has 1 N–H and O–H groups in total. The molecule has 0 atom stereocenters. The summed E-state index contributed by atoms with van der Waals surface area (Å²) in [5.74, 6) is -0.233. The van der Waals surface area contributed by atoms with Crippen LogP contribution in [0, 0.1) is 17.0 Å². The van der Waals surface area contributed by atoms with Gasteiger partial charge >= 0.3 is 0 Å². The number of likely N-dealkylation sites (N-methyl/N-ethyl adjacent to an activating group) is 1. The average molecular weight is 299 g/mol. The van der Waals surface area contributed by atoms with Crippen LogP contribution in [0.5, 0.6) is 0 Å². The fourth-order valence-electron chi connectivity index (χ4n) is 2.13. The standard InChI is InChI=1S/C16H17N3O3/c1-12-8-9-14(15(10-12)19(21)22)18(2)11-16(20)17-13-6-4-3-5-7-13/h3-10H,11H2,1-2H3,(H,17,20). The molecule has 0 bridgehead atoms. The molecule has 2 aromatic carbocycles. The molecule has 0 saturated heterocycles. The topological polar surface area (TPSA) is 75.5 Å². The number of hydrogen-bond donors (Lipinski definition) is 1. The van der Waals surface area contributed by atoms with Crippen molar-refractivity contribution in [1.29, 1.82) is 0 Å². The van der Waals surface area contributed by atoms with Crippen LogP contribution < -0.4 is 10.2 Å². The van der Waals surface area contributed by atoms with E-state index in [2.05, 4.69) is 5.32 Å². The predicted octanol–water partition coefficient (Wildman–Crippen LogP) is 2.98. The molecule has 0 aliphatic carbocycles. The summed E-state index contributed by atoms with van der Waals surface area (Å²) in [7, 11) is 1.65. The van der Waals surface area contributed by atoms with Gasteiger partial charge in [-0.15, -0.1) is 0 Å². The largest absolute Gasteiger partial charge is 0.360 e. The molecule has 6 nitrogen and oxygen atoms in total. The molecule has 0 unspecified atom stereocenters. The maximum absolute atomic E-state index is 12.0. The SMILES string of the molecule is Cc1ccc(N(C)CC(=O)Nc2ccccc2)c([N+](=O)[O-])c1. The summed E-state index contributed by atoms with van der Waals surface area (Å²) in [6.07, 6.45) is 0. The molecule has 6 heteroatoms. The molecular formula is C16H17N3O3. The molecule has 2 rings (SSSR count). The molecule has 0 aromatic heterocycles. The third kappa shape index (κ3) is 3.82. The van der Waals surface area contributed by atoms with Crippen molar-refractivity contribution in [3.63, 3.8) is 0 Å². The number of carbonyl (C=O) groups excluding carboxylic acids is 1. The molecule has 0 spiro atoms. The van der Waals surface area contributed by atoms with Crippen LogP contribution in [0.4, 0.5) is 17.1 Å². The van der Waals surface area contributed by atoms with E-state index in [0.29, 0.717) is 11.4 Å². The molecule has 2 aromatic rings. The Labute approximate surface area is 128 Å². The first-order valence-electron chi connectivity index (χ1n) is 6.78. The number of para-hydroxylation sites is 1. The summed E-state index contributed by atoms with van der Waals surface area (Å²) < 4.78 is 0. The maximum atomic E-state index is 12.0. The molecule has 0 heterocycles. The minimum absolute atomic E-state index is 0.00462. The fourth-order valence-corrected chi connectivity index (χ4v) is 2.13. The smallest absolute Gasteiger partial charge is 0.292 e. The van der Waals surface area contributed by atoms with Crippen molar-refractivity contribution < 1.29 is 9.72 Å². The second-order valence-electron chi connectivity index (χ2n) is 5.02. The van der Waals surface area contributed by atoms with Crippen molar-refractivity contribution in [3.8, 4) is 0 Å². The number of anilines is 2. The van der Waals surface area contributed by atoms with Crippen molar-refractivity contribution in [1.82, 2.24) is 0 Å². The molecule has 0 aliphatic rings. The van der Waals surface area contributed by atoms with Crippen LogP contribution in [0.2, 0.25) is 0 Å². The van der Waals surface area contributed by atoms with Gasteiger partial charge in [0, 0.05) is 18.8 Å². The zero-order valence-electron chi connectivity index (χ0n) is 12.4. The van der Waals surface area contributed by atoms with E-state index < -0.39 is 4.92 Å². The number of aryl methyl sites for hydroxylation is 1. The highest BCUT2D eigenvalue weighted by Gasteiger charge is 2.18. The number of benzene rings is 2. The first-order chi connectivity index (χ1) is 10.5. The van der Waals surface area contributed by atoms with Gasteiger partial charge in [-0.1, -0.05) is 24.3 Å². The number of nitrogens with one attached hydrogen (secondary N) is 1. The number of amides is 1. The first kappa shape index (κ1) is 15.5. The number of nitrogens with zero attached hydrogens (tertiary/aromatic N) is 2. The van der Waals surface area contributed by atoms with Crippen LogP contribution in [0.1, 0.15) is 5.56 Å². The van der Waals surface area contributed by atoms with E-state index in [1.807, 2.05) is 18.2 Å². The number of nitro groups is 1. The van der Waals surface area contributed by atoms with Crippen LogP contribution >= 0.6 is 0 Å². The summed E-state index contributed by atoms with van der Waals surface area (Å²) in [4.78, 5) is 24.3. The summed E-state index contributed by atoms with van der Waals surface area (Å²) >= 11 is 0. The molecule has 22 heavy (non-hydrogen) atoms. The Balaban J connectivity index is 2.10. The Morgan fingerprint density at radius 3 is 2.55 bits per heavy atom. The van der Waals surface area contributed by atoms with Gasteiger partial charge in [-0.3, -0.25) is 14.9 Å². The lowest BCUT2D eigenvalue weighted by Crippen LogP contribution is -2.30. The van der Waals surface area contributed by atoms with Crippen LogP contribution in [-0.4, -0.2) is 24.4 Å². The van der Waals surface area contributed by atoms with Crippen molar-refractivity contribution in [2.45, 2.75) is 6.92 Å². The predicted molar refractivity (Wildman–Crippen MR) is 86.2 cm³/mol. The van der Waals surface area contributed by atoms with Gasteiger partial charge in [0.15, 0.2) is 0 Å². The fraction of sp³-hybridized carbons (Fsp3) is 0.188. The van der Waals surface area contributed by atoms with E-state index in [1.165, 1.54) is 6.07 Å². The summed E-state index contributed by atoms with van der Waals surface area (Å²) in [6, 6.07) is 14.0. The monoisotopic (exact) mass is 299 g/mol. The molecule has 0 saturated carbocycles. The van der Waals surface area contributed by atoms with Gasteiger partial charge in [-0.25, -0.2) is 0 Å². The lowest BCUT2D eigenvalue weighted by Gasteiger charge is -2.19. The van der Waals surface area contributed by atoms with Gasteiger partial charge < -0.3 is 10.2 Å². The van der Waals surface area contributed by atoms with Gasteiger partial charge in [0.1, 0.15) is 5.69 Å². The number of rotatable bonds is 5. The van der Waals surface area contributed by atoms with Crippen molar-refractivity contribution in [2.24, 2.45) is 0 Å². The van der Waals surface area contributed by atoms with Crippen LogP contribution in [0.25, 0.3) is 0 Å². The molecule has 0 fully saturated rings. The highest BCUT2D eigenvalue weighted by atomic mass is 16.6. The molecular weight excluding hydrogens is 282 g/mol. The van der Waals surface area contributed by atoms with Crippen LogP contribution in [-0.2, 0) is 4.79 Å². The number of hydrogen-bond acceptors (Lipinski definition) is 4. The molecule has 0 aliphatic heterocycles. The van der Waals surface area contributed by atoms with E-state index >= 15 is 0 Å². The van der Waals surface area contributed by atoms with E-state index in [0.717, 1.165) is 5.56 Å². The lowest BCUT2D eigenvalue weighted by molar-refractivity contribution is -0.384. The van der Waals surface area contributed by atoms with Crippen molar-refractivity contribution in [3.05, 3.63) is 64.2 Å². The van der Waals surface area contributed by atoms with Crippen LogP contribution in [0.3, 0.4) is 0 Å². The Hall–Kier alpha value is -2.89. The minimum Gasteiger partial charge on any atom is -0.360 e. The van der Waals surface area contributed by atoms with Crippen LogP contribution in [0.15, 0.2) is 48.5 Å². The third-order valence-electron chi connectivity index (χ3n) is 3.18. The number of nitro benzene ring substituents is 1. The average Bonchev–Trinajstić information content (AvgIpc) is 2.47. The molecule has 114 valence electrons.